The zero-order chi connectivity index (χ0) is 16.8. The number of benzene rings is 1. The Bertz CT molecular complexity index is 586. The average molecular weight is 448 g/mol. The van der Waals surface area contributed by atoms with Crippen LogP contribution in [0, 0.1) is 12.7 Å². The molecule has 0 aliphatic carbocycles. The molecule has 5 nitrogen and oxygen atoms in total. The first kappa shape index (κ1) is 20.7. The lowest BCUT2D eigenvalue weighted by atomic mass is 10.1. The summed E-state index contributed by atoms with van der Waals surface area (Å²) in [4.78, 5) is 20.0. The predicted molar refractivity (Wildman–Crippen MR) is 105 cm³/mol. The normalized spacial score (nSPS) is 15.1. The molecule has 1 aliphatic heterocycles. The topological polar surface area (TPSA) is 47.9 Å². The molecule has 134 valence electrons. The van der Waals surface area contributed by atoms with Crippen LogP contribution in [0.1, 0.15) is 25.0 Å². The Morgan fingerprint density at radius 1 is 1.25 bits per heavy atom. The summed E-state index contributed by atoms with van der Waals surface area (Å²) in [7, 11) is 0. The van der Waals surface area contributed by atoms with Gasteiger partial charge in [0.25, 0.3) is 0 Å². The molecular formula is C17H26FIN4O. The van der Waals surface area contributed by atoms with Crippen molar-refractivity contribution in [2.45, 2.75) is 27.3 Å². The minimum Gasteiger partial charge on any atom is -0.357 e. The molecule has 1 aromatic rings. The van der Waals surface area contributed by atoms with Crippen molar-refractivity contribution in [1.82, 2.24) is 15.1 Å². The lowest BCUT2D eigenvalue weighted by Crippen LogP contribution is -2.53. The number of piperazine rings is 1. The number of carbonyl (C=O) groups is 1. The van der Waals surface area contributed by atoms with E-state index in [1.807, 2.05) is 17.9 Å². The number of hydrogen-bond donors (Lipinski definition) is 1. The second-order valence-corrected chi connectivity index (χ2v) is 5.75. The zero-order valence-corrected chi connectivity index (χ0v) is 16.8. The first-order valence-corrected chi connectivity index (χ1v) is 8.05. The molecule has 0 unspecified atom stereocenters. The Kier molecular flexibility index (Phi) is 8.44. The van der Waals surface area contributed by atoms with Crippen molar-refractivity contribution in [2.75, 3.05) is 32.7 Å². The second-order valence-electron chi connectivity index (χ2n) is 5.75. The molecular weight excluding hydrogens is 422 g/mol. The van der Waals surface area contributed by atoms with Crippen LogP contribution >= 0.6 is 24.0 Å². The van der Waals surface area contributed by atoms with E-state index in [0.717, 1.165) is 31.2 Å². The molecule has 2 rings (SSSR count). The number of guanidine groups is 1. The van der Waals surface area contributed by atoms with Crippen LogP contribution in [0.25, 0.3) is 0 Å². The highest BCUT2D eigenvalue weighted by Gasteiger charge is 2.20. The van der Waals surface area contributed by atoms with E-state index in [1.165, 1.54) is 6.07 Å². The van der Waals surface area contributed by atoms with Crippen molar-refractivity contribution >= 4 is 35.8 Å². The number of amides is 1. The number of aryl methyl sites for hydroxylation is 1. The van der Waals surface area contributed by atoms with Crippen molar-refractivity contribution in [2.24, 2.45) is 4.99 Å². The maximum atomic E-state index is 13.6. The third-order valence-electron chi connectivity index (χ3n) is 4.01. The Hall–Kier alpha value is -1.38. The first-order chi connectivity index (χ1) is 11.0. The van der Waals surface area contributed by atoms with E-state index < -0.39 is 0 Å². The highest BCUT2D eigenvalue weighted by molar-refractivity contribution is 14.0. The molecule has 7 heteroatoms. The van der Waals surface area contributed by atoms with Gasteiger partial charge in [-0.3, -0.25) is 4.79 Å². The Balaban J connectivity index is 0.00000288. The fourth-order valence-corrected chi connectivity index (χ4v) is 2.56. The number of halogens is 2. The van der Waals surface area contributed by atoms with Gasteiger partial charge in [-0.15, -0.1) is 24.0 Å². The molecule has 0 spiro atoms. The van der Waals surface area contributed by atoms with Crippen LogP contribution in [0.3, 0.4) is 0 Å². The standard InChI is InChI=1S/C17H25FN4O.HI/c1-4-19-17(22-9-7-21(8-10-22)14(3)23)20-12-15-6-5-13(2)16(18)11-15;/h5-6,11H,4,7-10,12H2,1-3H3,(H,19,20);1H. The number of rotatable bonds is 3. The summed E-state index contributed by atoms with van der Waals surface area (Å²) < 4.78 is 13.6. The predicted octanol–water partition coefficient (Wildman–Crippen LogP) is 2.38. The van der Waals surface area contributed by atoms with Crippen molar-refractivity contribution in [3.63, 3.8) is 0 Å². The number of carbonyl (C=O) groups excluding carboxylic acids is 1. The Morgan fingerprint density at radius 3 is 2.42 bits per heavy atom. The minimum absolute atomic E-state index is 0. The molecule has 0 saturated carbocycles. The Morgan fingerprint density at radius 2 is 1.88 bits per heavy atom. The fraction of sp³-hybridized carbons (Fsp3) is 0.529. The monoisotopic (exact) mass is 448 g/mol. The average Bonchev–Trinajstić information content (AvgIpc) is 2.54. The molecule has 1 aromatic carbocycles. The lowest BCUT2D eigenvalue weighted by Gasteiger charge is -2.36. The molecule has 1 aliphatic rings. The third-order valence-corrected chi connectivity index (χ3v) is 4.01. The number of aliphatic imine (C=N–C) groups is 1. The van der Waals surface area contributed by atoms with Gasteiger partial charge in [0.05, 0.1) is 6.54 Å². The highest BCUT2D eigenvalue weighted by atomic mass is 127. The molecule has 24 heavy (non-hydrogen) atoms. The molecule has 0 atom stereocenters. The molecule has 1 amide bonds. The zero-order valence-electron chi connectivity index (χ0n) is 14.5. The van der Waals surface area contributed by atoms with Crippen LogP contribution in [0.15, 0.2) is 23.2 Å². The number of nitrogens with one attached hydrogen (secondary N) is 1. The summed E-state index contributed by atoms with van der Waals surface area (Å²) in [5, 5.41) is 3.27. The van der Waals surface area contributed by atoms with Crippen LogP contribution < -0.4 is 5.32 Å². The van der Waals surface area contributed by atoms with Crippen LogP contribution in [-0.4, -0.2) is 54.4 Å². The molecule has 1 N–H and O–H groups in total. The molecule has 0 aromatic heterocycles. The molecule has 0 radical (unpaired) electrons. The summed E-state index contributed by atoms with van der Waals surface area (Å²) in [6, 6.07) is 5.22. The van der Waals surface area contributed by atoms with Gasteiger partial charge < -0.3 is 15.1 Å². The highest BCUT2D eigenvalue weighted by Crippen LogP contribution is 2.11. The quantitative estimate of drug-likeness (QED) is 0.439. The van der Waals surface area contributed by atoms with Gasteiger partial charge in [0.2, 0.25) is 5.91 Å². The smallest absolute Gasteiger partial charge is 0.219 e. The van der Waals surface area contributed by atoms with Crippen molar-refractivity contribution in [3.8, 4) is 0 Å². The summed E-state index contributed by atoms with van der Waals surface area (Å²) in [6.07, 6.45) is 0. The van der Waals surface area contributed by atoms with Gasteiger partial charge in [-0.1, -0.05) is 12.1 Å². The van der Waals surface area contributed by atoms with Gasteiger partial charge in [-0.25, -0.2) is 9.38 Å². The second kappa shape index (κ2) is 9.80. The van der Waals surface area contributed by atoms with Crippen LogP contribution in [0.5, 0.6) is 0 Å². The maximum Gasteiger partial charge on any atom is 0.219 e. The summed E-state index contributed by atoms with van der Waals surface area (Å²) in [5.74, 6) is 0.733. The van der Waals surface area contributed by atoms with Crippen molar-refractivity contribution < 1.29 is 9.18 Å². The van der Waals surface area contributed by atoms with Crippen LogP contribution in [-0.2, 0) is 11.3 Å². The SMILES string of the molecule is CCNC(=NCc1ccc(C)c(F)c1)N1CCN(C(C)=O)CC1.I. The largest absolute Gasteiger partial charge is 0.357 e. The van der Waals surface area contributed by atoms with Gasteiger partial charge in [0.1, 0.15) is 5.82 Å². The molecule has 1 fully saturated rings. The van der Waals surface area contributed by atoms with Gasteiger partial charge >= 0.3 is 0 Å². The summed E-state index contributed by atoms with van der Waals surface area (Å²) >= 11 is 0. The lowest BCUT2D eigenvalue weighted by molar-refractivity contribution is -0.130. The minimum atomic E-state index is -0.197. The molecule has 0 bridgehead atoms. The van der Waals surface area contributed by atoms with E-state index in [2.05, 4.69) is 15.2 Å². The van der Waals surface area contributed by atoms with Crippen LogP contribution in [0.2, 0.25) is 0 Å². The summed E-state index contributed by atoms with van der Waals surface area (Å²) in [5.41, 5.74) is 1.50. The van der Waals surface area contributed by atoms with E-state index in [4.69, 9.17) is 0 Å². The van der Waals surface area contributed by atoms with E-state index >= 15 is 0 Å². The van der Waals surface area contributed by atoms with E-state index in [0.29, 0.717) is 25.2 Å². The van der Waals surface area contributed by atoms with Gasteiger partial charge in [0, 0.05) is 39.6 Å². The third kappa shape index (κ3) is 5.61. The maximum absolute atomic E-state index is 13.6. The van der Waals surface area contributed by atoms with Gasteiger partial charge in [-0.2, -0.15) is 0 Å². The fourth-order valence-electron chi connectivity index (χ4n) is 2.56. The van der Waals surface area contributed by atoms with Crippen molar-refractivity contribution in [1.29, 1.82) is 0 Å². The number of hydrogen-bond acceptors (Lipinski definition) is 2. The van der Waals surface area contributed by atoms with E-state index in [1.54, 1.807) is 19.9 Å². The van der Waals surface area contributed by atoms with Crippen molar-refractivity contribution in [3.05, 3.63) is 35.1 Å². The summed E-state index contributed by atoms with van der Waals surface area (Å²) in [6.45, 7) is 9.51. The molecule has 1 heterocycles. The van der Waals surface area contributed by atoms with Crippen LogP contribution in [0.4, 0.5) is 4.39 Å². The Labute approximate surface area is 160 Å². The first-order valence-electron chi connectivity index (χ1n) is 8.05. The van der Waals surface area contributed by atoms with E-state index in [-0.39, 0.29) is 35.7 Å². The van der Waals surface area contributed by atoms with E-state index in [9.17, 15) is 9.18 Å². The number of nitrogens with zero attached hydrogens (tertiary/aromatic N) is 3. The molecule has 1 saturated heterocycles. The van der Waals surface area contributed by atoms with Gasteiger partial charge in [0.15, 0.2) is 5.96 Å². The van der Waals surface area contributed by atoms with Gasteiger partial charge in [-0.05, 0) is 31.0 Å².